The van der Waals surface area contributed by atoms with Crippen molar-refractivity contribution in [2.75, 3.05) is 13.7 Å². The maximum absolute atomic E-state index is 11.1. The monoisotopic (exact) mass is 296 g/mol. The maximum Gasteiger partial charge on any atom is 0.277 e. The van der Waals surface area contributed by atoms with E-state index < -0.39 is 4.92 Å². The molecule has 0 radical (unpaired) electrons. The summed E-state index contributed by atoms with van der Waals surface area (Å²) in [6.07, 6.45) is 2.16. The van der Waals surface area contributed by atoms with E-state index in [0.29, 0.717) is 23.7 Å². The molecule has 1 aromatic rings. The average Bonchev–Trinajstić information content (AvgIpc) is 2.89. The molecule has 0 saturated carbocycles. The summed E-state index contributed by atoms with van der Waals surface area (Å²) >= 11 is 0. The van der Waals surface area contributed by atoms with Gasteiger partial charge in [0.25, 0.3) is 5.69 Å². The number of nitrogens with zero attached hydrogens (tertiary/aromatic N) is 1. The number of benzene rings is 1. The largest absolute Gasteiger partial charge is 0.493 e. The smallest absolute Gasteiger partial charge is 0.277 e. The van der Waals surface area contributed by atoms with E-state index in [0.717, 1.165) is 12.8 Å². The van der Waals surface area contributed by atoms with E-state index >= 15 is 0 Å². The number of rotatable bonds is 6. The van der Waals surface area contributed by atoms with Gasteiger partial charge in [-0.1, -0.05) is 0 Å². The van der Waals surface area contributed by atoms with Crippen LogP contribution in [0.25, 0.3) is 0 Å². The topological polar surface area (TPSA) is 96.9 Å². The third-order valence-corrected chi connectivity index (χ3v) is 3.53. The molecule has 0 aliphatic carbocycles. The summed E-state index contributed by atoms with van der Waals surface area (Å²) in [4.78, 5) is 10.6. The SMILES string of the molecule is COc1cc(CN)c([N+](=O)[O-])cc1OCC1CCC(C)O1. The highest BCUT2D eigenvalue weighted by Gasteiger charge is 2.24. The number of ether oxygens (including phenoxy) is 3. The van der Waals surface area contributed by atoms with E-state index in [-0.39, 0.29) is 24.4 Å². The minimum absolute atomic E-state index is 0.0120. The normalized spacial score (nSPS) is 21.3. The van der Waals surface area contributed by atoms with Gasteiger partial charge < -0.3 is 19.9 Å². The summed E-state index contributed by atoms with van der Waals surface area (Å²) in [5, 5.41) is 11.1. The average molecular weight is 296 g/mol. The Balaban J connectivity index is 2.17. The van der Waals surface area contributed by atoms with Crippen LogP contribution >= 0.6 is 0 Å². The Morgan fingerprint density at radius 3 is 2.71 bits per heavy atom. The van der Waals surface area contributed by atoms with E-state index in [1.54, 1.807) is 6.07 Å². The Kier molecular flexibility index (Phi) is 4.98. The molecule has 1 fully saturated rings. The number of hydrogen-bond donors (Lipinski definition) is 1. The van der Waals surface area contributed by atoms with Crippen LogP contribution < -0.4 is 15.2 Å². The number of nitro groups is 1. The molecule has 1 aromatic carbocycles. The summed E-state index contributed by atoms with van der Waals surface area (Å²) in [6, 6.07) is 2.91. The van der Waals surface area contributed by atoms with Crippen LogP contribution in [0, 0.1) is 10.1 Å². The highest BCUT2D eigenvalue weighted by molar-refractivity contribution is 5.54. The molecule has 1 aliphatic heterocycles. The fraction of sp³-hybridized carbons (Fsp3) is 0.571. The van der Waals surface area contributed by atoms with E-state index in [2.05, 4.69) is 0 Å². The third kappa shape index (κ3) is 3.62. The molecule has 1 saturated heterocycles. The second kappa shape index (κ2) is 6.73. The molecular weight excluding hydrogens is 276 g/mol. The second-order valence-electron chi connectivity index (χ2n) is 5.05. The summed E-state index contributed by atoms with van der Waals surface area (Å²) < 4.78 is 16.5. The van der Waals surface area contributed by atoms with Crippen molar-refractivity contribution in [2.45, 2.75) is 38.5 Å². The summed E-state index contributed by atoms with van der Waals surface area (Å²) in [5.41, 5.74) is 5.88. The minimum atomic E-state index is -0.470. The van der Waals surface area contributed by atoms with Crippen LogP contribution in [0.15, 0.2) is 12.1 Å². The Morgan fingerprint density at radius 2 is 2.19 bits per heavy atom. The Morgan fingerprint density at radius 1 is 1.43 bits per heavy atom. The quantitative estimate of drug-likeness (QED) is 0.637. The van der Waals surface area contributed by atoms with Gasteiger partial charge in [-0.3, -0.25) is 10.1 Å². The number of hydrogen-bond acceptors (Lipinski definition) is 6. The number of nitrogens with two attached hydrogens (primary N) is 1. The molecule has 21 heavy (non-hydrogen) atoms. The van der Waals surface area contributed by atoms with Gasteiger partial charge in [0.15, 0.2) is 11.5 Å². The summed E-state index contributed by atoms with van der Waals surface area (Å²) in [7, 11) is 1.49. The van der Waals surface area contributed by atoms with Gasteiger partial charge in [0.05, 0.1) is 30.3 Å². The third-order valence-electron chi connectivity index (χ3n) is 3.53. The molecule has 0 spiro atoms. The Hall–Kier alpha value is -1.86. The van der Waals surface area contributed by atoms with E-state index in [4.69, 9.17) is 19.9 Å². The van der Waals surface area contributed by atoms with Gasteiger partial charge in [-0.15, -0.1) is 0 Å². The maximum atomic E-state index is 11.1. The molecule has 1 aliphatic rings. The zero-order valence-electron chi connectivity index (χ0n) is 12.2. The van der Waals surface area contributed by atoms with Crippen molar-refractivity contribution in [3.8, 4) is 11.5 Å². The summed E-state index contributed by atoms with van der Waals surface area (Å²) in [5.74, 6) is 0.775. The minimum Gasteiger partial charge on any atom is -0.493 e. The van der Waals surface area contributed by atoms with Crippen molar-refractivity contribution in [3.05, 3.63) is 27.8 Å². The molecule has 2 atom stereocenters. The molecule has 7 nitrogen and oxygen atoms in total. The van der Waals surface area contributed by atoms with Crippen molar-refractivity contribution in [1.29, 1.82) is 0 Å². The Bertz CT molecular complexity index is 520. The van der Waals surface area contributed by atoms with Crippen molar-refractivity contribution >= 4 is 5.69 Å². The van der Waals surface area contributed by atoms with E-state index in [9.17, 15) is 10.1 Å². The van der Waals surface area contributed by atoms with E-state index in [1.807, 2.05) is 6.92 Å². The van der Waals surface area contributed by atoms with Gasteiger partial charge in [-0.2, -0.15) is 0 Å². The fourth-order valence-electron chi connectivity index (χ4n) is 2.39. The van der Waals surface area contributed by atoms with Gasteiger partial charge >= 0.3 is 0 Å². The number of nitro benzene ring substituents is 1. The lowest BCUT2D eigenvalue weighted by Crippen LogP contribution is -2.18. The molecular formula is C14H20N2O5. The predicted molar refractivity (Wildman–Crippen MR) is 76.6 cm³/mol. The lowest BCUT2D eigenvalue weighted by atomic mass is 10.1. The fourth-order valence-corrected chi connectivity index (χ4v) is 2.39. The zero-order chi connectivity index (χ0) is 15.4. The molecule has 7 heteroatoms. The van der Waals surface area contributed by atoms with Gasteiger partial charge in [-0.05, 0) is 25.8 Å². The first-order valence-electron chi connectivity index (χ1n) is 6.88. The standard InChI is InChI=1S/C14H20N2O5/c1-9-3-4-11(21-9)8-20-14-6-12(16(17)18)10(7-15)5-13(14)19-2/h5-6,9,11H,3-4,7-8,15H2,1-2H3. The van der Waals surface area contributed by atoms with Crippen molar-refractivity contribution in [2.24, 2.45) is 5.73 Å². The van der Waals surface area contributed by atoms with Crippen LogP contribution in [0.4, 0.5) is 5.69 Å². The second-order valence-corrected chi connectivity index (χ2v) is 5.05. The van der Waals surface area contributed by atoms with Gasteiger partial charge in [0.1, 0.15) is 6.61 Å². The molecule has 1 heterocycles. The number of methoxy groups -OCH3 is 1. The van der Waals surface area contributed by atoms with Gasteiger partial charge in [0, 0.05) is 12.1 Å². The van der Waals surface area contributed by atoms with Crippen molar-refractivity contribution < 1.29 is 19.1 Å². The zero-order valence-corrected chi connectivity index (χ0v) is 12.2. The molecule has 0 amide bonds. The lowest BCUT2D eigenvalue weighted by molar-refractivity contribution is -0.385. The van der Waals surface area contributed by atoms with Crippen LogP contribution in [0.2, 0.25) is 0 Å². The molecule has 0 aromatic heterocycles. The van der Waals surface area contributed by atoms with Crippen LogP contribution in [0.1, 0.15) is 25.3 Å². The highest BCUT2D eigenvalue weighted by Crippen LogP contribution is 2.35. The predicted octanol–water partition coefficient (Wildman–Crippen LogP) is 2.01. The molecule has 2 rings (SSSR count). The molecule has 0 bridgehead atoms. The highest BCUT2D eigenvalue weighted by atomic mass is 16.6. The van der Waals surface area contributed by atoms with Crippen LogP contribution in [-0.2, 0) is 11.3 Å². The first kappa shape index (κ1) is 15.5. The van der Waals surface area contributed by atoms with Gasteiger partial charge in [0.2, 0.25) is 0 Å². The van der Waals surface area contributed by atoms with Gasteiger partial charge in [-0.25, -0.2) is 0 Å². The van der Waals surface area contributed by atoms with E-state index in [1.165, 1.54) is 13.2 Å². The molecule has 2 unspecified atom stereocenters. The first-order valence-corrected chi connectivity index (χ1v) is 6.88. The summed E-state index contributed by atoms with van der Waals surface area (Å²) in [6.45, 7) is 2.43. The van der Waals surface area contributed by atoms with Crippen LogP contribution in [0.3, 0.4) is 0 Å². The van der Waals surface area contributed by atoms with Crippen LogP contribution in [-0.4, -0.2) is 30.8 Å². The van der Waals surface area contributed by atoms with Crippen molar-refractivity contribution in [1.82, 2.24) is 0 Å². The van der Waals surface area contributed by atoms with Crippen molar-refractivity contribution in [3.63, 3.8) is 0 Å². The molecule has 116 valence electrons. The molecule has 2 N–H and O–H groups in total. The first-order chi connectivity index (χ1) is 10.0. The Labute approximate surface area is 123 Å². The lowest BCUT2D eigenvalue weighted by Gasteiger charge is -2.15. The van der Waals surface area contributed by atoms with Crippen LogP contribution in [0.5, 0.6) is 11.5 Å².